The number of halogens is 3. The van der Waals surface area contributed by atoms with Gasteiger partial charge in [-0.3, -0.25) is 34.3 Å². The Morgan fingerprint density at radius 2 is 1.73 bits per heavy atom. The maximum Gasteiger partial charge on any atom is 0.255 e. The van der Waals surface area contributed by atoms with Gasteiger partial charge in [0.1, 0.15) is 24.3 Å². The normalized spacial score (nSPS) is 15.6. The Hall–Kier alpha value is -6.91. The molecule has 17 heteroatoms. The Bertz CT molecular complexity index is 2570. The second kappa shape index (κ2) is 16.5. The number of ether oxygens (including phenoxy) is 1. The zero-order chi connectivity index (χ0) is 41.2. The number of carbonyl (C=O) groups is 5. The number of aromatic nitrogens is 2. The highest BCUT2D eigenvalue weighted by Gasteiger charge is 2.40. The van der Waals surface area contributed by atoms with Gasteiger partial charge in [-0.05, 0) is 67.1 Å². The van der Waals surface area contributed by atoms with Crippen LogP contribution in [0.1, 0.15) is 55.8 Å². The summed E-state index contributed by atoms with van der Waals surface area (Å²) in [6, 6.07) is 19.3. The van der Waals surface area contributed by atoms with E-state index in [0.717, 1.165) is 0 Å². The van der Waals surface area contributed by atoms with E-state index in [1.165, 1.54) is 23.1 Å². The van der Waals surface area contributed by atoms with Gasteiger partial charge >= 0.3 is 0 Å². The van der Waals surface area contributed by atoms with Crippen molar-refractivity contribution < 1.29 is 37.5 Å². The minimum absolute atomic E-state index is 0.0419. The molecule has 0 spiro atoms. The highest BCUT2D eigenvalue weighted by Crippen LogP contribution is 2.35. The molecule has 5 aromatic rings. The highest BCUT2D eigenvalue weighted by atomic mass is 35.5. The van der Waals surface area contributed by atoms with E-state index in [1.807, 2.05) is 0 Å². The van der Waals surface area contributed by atoms with E-state index in [0.29, 0.717) is 55.5 Å². The van der Waals surface area contributed by atoms with E-state index >= 15 is 0 Å². The van der Waals surface area contributed by atoms with Crippen LogP contribution in [0.5, 0.6) is 0 Å². The largest absolute Gasteiger partial charge is 0.370 e. The van der Waals surface area contributed by atoms with Crippen LogP contribution in [0, 0.1) is 11.6 Å². The van der Waals surface area contributed by atoms with Crippen molar-refractivity contribution in [1.29, 1.82) is 0 Å². The summed E-state index contributed by atoms with van der Waals surface area (Å²) in [4.78, 5) is 77.7. The lowest BCUT2D eigenvalue weighted by Gasteiger charge is -2.29. The quantitative estimate of drug-likeness (QED) is 0.101. The molecule has 5 amide bonds. The number of fused-ring (bicyclic) bond motifs is 4. The topological polar surface area (TPSA) is 184 Å². The molecular weight excluding hydrogens is 786 g/mol. The van der Waals surface area contributed by atoms with Crippen LogP contribution in [0.15, 0.2) is 90.1 Å². The molecule has 0 bridgehead atoms. The molecule has 8 rings (SSSR count). The molecule has 1 aromatic heterocycles. The lowest BCUT2D eigenvalue weighted by molar-refractivity contribution is -0.137. The number of anilines is 3. The number of benzene rings is 4. The number of nitrogens with one attached hydrogen (secondary N) is 4. The zero-order valence-electron chi connectivity index (χ0n) is 31.0. The third-order valence-corrected chi connectivity index (χ3v) is 10.2. The fourth-order valence-corrected chi connectivity index (χ4v) is 7.32. The van der Waals surface area contributed by atoms with Gasteiger partial charge in [-0.15, -0.1) is 0 Å². The molecule has 1 fully saturated rings. The number of amides is 5. The monoisotopic (exact) mass is 818 g/mol. The van der Waals surface area contributed by atoms with Gasteiger partial charge in [-0.2, -0.15) is 0 Å². The van der Waals surface area contributed by atoms with Gasteiger partial charge in [-0.1, -0.05) is 29.8 Å². The number of nitrogens with zero attached hydrogens (tertiary/aromatic N) is 4. The number of aliphatic imine (C=N–C) groups is 1. The van der Waals surface area contributed by atoms with Crippen molar-refractivity contribution >= 4 is 64.2 Å². The first kappa shape index (κ1) is 38.9. The standard InChI is InChI=1S/C42H33ClF2N8O6/c43-24-9-12-26-28(17-24)38(36-30(44)4-2-5-31(36)45)47-18-23-19-48-42(52-37(23)26)49-25-10-7-22(8-11-25)39(56)46-15-16-59-21-35(55)50-32-6-1-3-27-29(32)20-53(41(27)58)33-13-14-34(54)51-40(33)57/h1-12,17,19,33H,13-16,18,20-21H2,(H,46,56)(H,50,55)(H,48,49,52)(H,51,54,57). The van der Waals surface area contributed by atoms with E-state index < -0.39 is 29.5 Å². The van der Waals surface area contributed by atoms with Crippen molar-refractivity contribution in [2.24, 2.45) is 4.99 Å². The number of hydrogen-bond acceptors (Lipinski definition) is 10. The lowest BCUT2D eigenvalue weighted by atomic mass is 9.95. The van der Waals surface area contributed by atoms with Gasteiger partial charge in [-0.25, -0.2) is 18.7 Å². The summed E-state index contributed by atoms with van der Waals surface area (Å²) in [5, 5.41) is 11.3. The Labute approximate surface area is 340 Å². The number of carbonyl (C=O) groups excluding carboxylic acids is 5. The van der Waals surface area contributed by atoms with Gasteiger partial charge in [0, 0.05) is 75.5 Å². The fourth-order valence-electron chi connectivity index (χ4n) is 7.15. The Kier molecular flexibility index (Phi) is 10.9. The third-order valence-electron chi connectivity index (χ3n) is 9.99. The second-order valence-corrected chi connectivity index (χ2v) is 14.2. The van der Waals surface area contributed by atoms with Crippen molar-refractivity contribution in [3.8, 4) is 11.3 Å². The van der Waals surface area contributed by atoms with Gasteiger partial charge in [0.15, 0.2) is 0 Å². The van der Waals surface area contributed by atoms with Crippen LogP contribution in [-0.4, -0.2) is 75.9 Å². The number of hydrogen-bond donors (Lipinski definition) is 4. The van der Waals surface area contributed by atoms with E-state index in [1.54, 1.807) is 66.9 Å². The fraction of sp³-hybridized carbons (Fsp3) is 0.190. The maximum absolute atomic E-state index is 14.9. The van der Waals surface area contributed by atoms with Crippen molar-refractivity contribution in [2.75, 3.05) is 30.4 Å². The second-order valence-electron chi connectivity index (χ2n) is 13.8. The summed E-state index contributed by atoms with van der Waals surface area (Å²) < 4.78 is 35.3. The Morgan fingerprint density at radius 1 is 0.949 bits per heavy atom. The van der Waals surface area contributed by atoms with E-state index in [-0.39, 0.29) is 80.6 Å². The Balaban J connectivity index is 0.831. The van der Waals surface area contributed by atoms with Crippen LogP contribution >= 0.6 is 11.6 Å². The van der Waals surface area contributed by atoms with Crippen molar-refractivity contribution in [3.63, 3.8) is 0 Å². The van der Waals surface area contributed by atoms with E-state index in [9.17, 15) is 32.8 Å². The minimum atomic E-state index is -0.777. The van der Waals surface area contributed by atoms with Crippen LogP contribution in [0.25, 0.3) is 11.3 Å². The van der Waals surface area contributed by atoms with Crippen LogP contribution < -0.4 is 21.3 Å². The summed E-state index contributed by atoms with van der Waals surface area (Å²) >= 11 is 6.33. The van der Waals surface area contributed by atoms with Gasteiger partial charge in [0.25, 0.3) is 11.8 Å². The van der Waals surface area contributed by atoms with Gasteiger partial charge in [0.05, 0.1) is 30.1 Å². The average Bonchev–Trinajstić information content (AvgIpc) is 3.47. The SMILES string of the molecule is O=C1CCC(N2Cc3c(NC(=O)COCCNC(=O)c4ccc(Nc5ncc6c(n5)-c5ccc(Cl)cc5C(c5c(F)cccc5F)=NC6)cc4)cccc3C2=O)C(=O)N1. The molecule has 3 aliphatic heterocycles. The van der Waals surface area contributed by atoms with Gasteiger partial charge < -0.3 is 25.6 Å². The van der Waals surface area contributed by atoms with Gasteiger partial charge in [0.2, 0.25) is 23.7 Å². The molecule has 14 nitrogen and oxygen atoms in total. The molecule has 0 saturated carbocycles. The van der Waals surface area contributed by atoms with Crippen LogP contribution in [0.4, 0.5) is 26.1 Å². The summed E-state index contributed by atoms with van der Waals surface area (Å²) in [6.07, 6.45) is 1.95. The van der Waals surface area contributed by atoms with Crippen LogP contribution in [0.2, 0.25) is 5.02 Å². The number of imide groups is 1. The molecule has 4 heterocycles. The molecule has 298 valence electrons. The summed E-state index contributed by atoms with van der Waals surface area (Å²) in [6.45, 7) is 0.0223. The molecule has 4 N–H and O–H groups in total. The summed E-state index contributed by atoms with van der Waals surface area (Å²) in [5.41, 5.74) is 4.30. The third kappa shape index (κ3) is 8.13. The van der Waals surface area contributed by atoms with Crippen molar-refractivity contribution in [1.82, 2.24) is 25.5 Å². The first-order valence-electron chi connectivity index (χ1n) is 18.5. The van der Waals surface area contributed by atoms with Crippen molar-refractivity contribution in [3.05, 3.63) is 135 Å². The molecule has 1 saturated heterocycles. The molecular formula is C42H33ClF2N8O6. The molecule has 0 aliphatic carbocycles. The van der Waals surface area contributed by atoms with Crippen LogP contribution in [-0.2, 0) is 32.2 Å². The first-order chi connectivity index (χ1) is 28.5. The summed E-state index contributed by atoms with van der Waals surface area (Å²) in [5.74, 6) is -3.36. The number of rotatable bonds is 11. The maximum atomic E-state index is 14.9. The lowest BCUT2D eigenvalue weighted by Crippen LogP contribution is -2.52. The molecule has 0 radical (unpaired) electrons. The predicted molar refractivity (Wildman–Crippen MR) is 212 cm³/mol. The molecule has 3 aliphatic rings. The first-order valence-corrected chi connectivity index (χ1v) is 18.9. The molecule has 1 atom stereocenters. The average molecular weight is 819 g/mol. The van der Waals surface area contributed by atoms with E-state index in [4.69, 9.17) is 21.3 Å². The summed E-state index contributed by atoms with van der Waals surface area (Å²) in [7, 11) is 0. The Morgan fingerprint density at radius 3 is 2.51 bits per heavy atom. The van der Waals surface area contributed by atoms with Crippen LogP contribution in [0.3, 0.4) is 0 Å². The number of piperidine rings is 1. The molecule has 1 unspecified atom stereocenters. The van der Waals surface area contributed by atoms with Crippen molar-refractivity contribution in [2.45, 2.75) is 32.0 Å². The molecule has 59 heavy (non-hydrogen) atoms. The molecule has 4 aromatic carbocycles. The predicted octanol–water partition coefficient (Wildman–Crippen LogP) is 5.32. The highest BCUT2D eigenvalue weighted by molar-refractivity contribution is 6.31. The van der Waals surface area contributed by atoms with E-state index in [2.05, 4.69) is 31.2 Å². The smallest absolute Gasteiger partial charge is 0.255 e. The zero-order valence-corrected chi connectivity index (χ0v) is 31.7. The minimum Gasteiger partial charge on any atom is -0.370 e.